The zero-order valence-corrected chi connectivity index (χ0v) is 41.1. The van der Waals surface area contributed by atoms with Gasteiger partial charge in [-0.2, -0.15) is 0 Å². The topological polar surface area (TPSA) is 3.24 Å². The highest BCUT2D eigenvalue weighted by Crippen LogP contribution is 2.67. The molecule has 2 spiro atoms. The molecular weight excluding hydrogens is 903 g/mol. The second-order valence-electron chi connectivity index (χ2n) is 20.5. The minimum absolute atomic E-state index is 0.457. The van der Waals surface area contributed by atoms with E-state index in [0.29, 0.717) is 0 Å². The Kier molecular flexibility index (Phi) is 8.94. The van der Waals surface area contributed by atoms with Crippen LogP contribution in [0.1, 0.15) is 44.5 Å². The molecule has 0 heterocycles. The normalized spacial score (nSPS) is 13.8. The van der Waals surface area contributed by atoms with Gasteiger partial charge in [-0.15, -0.1) is 0 Å². The molecule has 0 aliphatic heterocycles. The second-order valence-corrected chi connectivity index (χ2v) is 20.5. The van der Waals surface area contributed by atoms with E-state index in [1.54, 1.807) is 0 Å². The summed E-state index contributed by atoms with van der Waals surface area (Å²) in [5.41, 5.74) is 30.6. The first-order valence-electron chi connectivity index (χ1n) is 26.3. The monoisotopic (exact) mass is 949 g/mol. The van der Waals surface area contributed by atoms with Crippen LogP contribution in [0.3, 0.4) is 0 Å². The molecule has 0 saturated heterocycles. The molecule has 1 heteroatoms. The summed E-state index contributed by atoms with van der Waals surface area (Å²) in [6.07, 6.45) is 0. The van der Waals surface area contributed by atoms with E-state index in [2.05, 4.69) is 290 Å². The van der Waals surface area contributed by atoms with Crippen LogP contribution in [-0.4, -0.2) is 0 Å². The molecule has 0 amide bonds. The minimum Gasteiger partial charge on any atom is -0.309 e. The summed E-state index contributed by atoms with van der Waals surface area (Å²) in [5, 5.41) is 0. The van der Waals surface area contributed by atoms with E-state index in [1.807, 2.05) is 0 Å². The van der Waals surface area contributed by atoms with E-state index >= 15 is 0 Å². The second kappa shape index (κ2) is 16.0. The summed E-state index contributed by atoms with van der Waals surface area (Å²) in [6, 6.07) is 107. The number of hydrogen-bond acceptors (Lipinski definition) is 1. The van der Waals surface area contributed by atoms with E-state index in [9.17, 15) is 0 Å². The Balaban J connectivity index is 0.962. The van der Waals surface area contributed by atoms with Crippen molar-refractivity contribution in [3.05, 3.63) is 330 Å². The molecule has 16 rings (SSSR count). The summed E-state index contributed by atoms with van der Waals surface area (Å²) in [7, 11) is 0. The molecule has 12 aromatic rings. The van der Waals surface area contributed by atoms with Gasteiger partial charge in [0, 0.05) is 16.8 Å². The fraction of sp³-hybridized carbons (Fsp3) is 0.0270. The first-order valence-corrected chi connectivity index (χ1v) is 26.3. The minimum atomic E-state index is -0.489. The summed E-state index contributed by atoms with van der Waals surface area (Å²) in [5.74, 6) is 0. The molecule has 75 heavy (non-hydrogen) atoms. The SMILES string of the molecule is c1ccc(-c2ccccc2-c2ccc(N(c3ccccc3-c3cccc4c3-c3ccccc3C43c4ccccc4-c4ccccc43)c3cccc4c3-c3ccccc3C43c4ccccc4-c4ccccc43)cc2)cc1. The molecule has 0 N–H and O–H groups in total. The summed E-state index contributed by atoms with van der Waals surface area (Å²) < 4.78 is 0. The van der Waals surface area contributed by atoms with E-state index < -0.39 is 10.8 Å². The Hall–Kier alpha value is -9.56. The predicted molar refractivity (Wildman–Crippen MR) is 310 cm³/mol. The van der Waals surface area contributed by atoms with Crippen LogP contribution in [0.25, 0.3) is 77.9 Å². The highest BCUT2D eigenvalue weighted by molar-refractivity contribution is 6.06. The van der Waals surface area contributed by atoms with Gasteiger partial charge in [0.15, 0.2) is 0 Å². The highest BCUT2D eigenvalue weighted by Gasteiger charge is 2.54. The summed E-state index contributed by atoms with van der Waals surface area (Å²) >= 11 is 0. The van der Waals surface area contributed by atoms with Gasteiger partial charge in [0.25, 0.3) is 0 Å². The van der Waals surface area contributed by atoms with E-state index in [-0.39, 0.29) is 0 Å². The third kappa shape index (κ3) is 5.57. The van der Waals surface area contributed by atoms with Crippen LogP contribution in [0.5, 0.6) is 0 Å². The Labute approximate surface area is 438 Å². The number of hydrogen-bond donors (Lipinski definition) is 0. The molecule has 0 fully saturated rings. The van der Waals surface area contributed by atoms with Crippen molar-refractivity contribution >= 4 is 17.1 Å². The van der Waals surface area contributed by atoms with Gasteiger partial charge in [-0.25, -0.2) is 0 Å². The Bertz CT molecular complexity index is 4220. The molecule has 1 nitrogen and oxygen atoms in total. The maximum atomic E-state index is 2.57. The number of rotatable bonds is 6. The van der Waals surface area contributed by atoms with Gasteiger partial charge in [-0.1, -0.05) is 261 Å². The van der Waals surface area contributed by atoms with Crippen molar-refractivity contribution in [2.45, 2.75) is 10.8 Å². The van der Waals surface area contributed by atoms with Crippen LogP contribution >= 0.6 is 0 Å². The van der Waals surface area contributed by atoms with Gasteiger partial charge in [-0.05, 0) is 136 Å². The molecular formula is C74H47N. The van der Waals surface area contributed by atoms with Crippen molar-refractivity contribution in [2.75, 3.05) is 4.90 Å². The molecule has 0 bridgehead atoms. The van der Waals surface area contributed by atoms with Crippen LogP contribution in [0.4, 0.5) is 17.1 Å². The zero-order chi connectivity index (χ0) is 49.2. The fourth-order valence-corrected chi connectivity index (χ4v) is 14.4. The molecule has 4 aliphatic carbocycles. The van der Waals surface area contributed by atoms with Crippen molar-refractivity contribution in [2.24, 2.45) is 0 Å². The number of fused-ring (bicyclic) bond motifs is 20. The van der Waals surface area contributed by atoms with Crippen molar-refractivity contribution in [1.82, 2.24) is 0 Å². The van der Waals surface area contributed by atoms with Crippen molar-refractivity contribution in [1.29, 1.82) is 0 Å². The van der Waals surface area contributed by atoms with Crippen molar-refractivity contribution < 1.29 is 0 Å². The fourth-order valence-electron chi connectivity index (χ4n) is 14.4. The first kappa shape index (κ1) is 42.0. The van der Waals surface area contributed by atoms with Crippen LogP contribution < -0.4 is 4.90 Å². The molecule has 12 aromatic carbocycles. The summed E-state index contributed by atoms with van der Waals surface area (Å²) in [4.78, 5) is 2.57. The highest BCUT2D eigenvalue weighted by atomic mass is 15.1. The maximum Gasteiger partial charge on any atom is 0.0726 e. The van der Waals surface area contributed by atoms with Crippen LogP contribution in [0, 0.1) is 0 Å². The maximum absolute atomic E-state index is 2.57. The lowest BCUT2D eigenvalue weighted by Crippen LogP contribution is -2.26. The van der Waals surface area contributed by atoms with E-state index in [4.69, 9.17) is 0 Å². The van der Waals surface area contributed by atoms with Gasteiger partial charge >= 0.3 is 0 Å². The molecule has 0 radical (unpaired) electrons. The molecule has 0 unspecified atom stereocenters. The number of benzene rings is 12. The van der Waals surface area contributed by atoms with Crippen LogP contribution in [0.15, 0.2) is 285 Å². The van der Waals surface area contributed by atoms with Gasteiger partial charge in [-0.3, -0.25) is 0 Å². The lowest BCUT2D eigenvalue weighted by atomic mass is 9.70. The largest absolute Gasteiger partial charge is 0.309 e. The number of para-hydroxylation sites is 1. The lowest BCUT2D eigenvalue weighted by molar-refractivity contribution is 0.793. The van der Waals surface area contributed by atoms with Gasteiger partial charge in [0.1, 0.15) is 0 Å². The predicted octanol–water partition coefficient (Wildman–Crippen LogP) is 18.8. The Morgan fingerprint density at radius 3 is 1.01 bits per heavy atom. The van der Waals surface area contributed by atoms with Crippen molar-refractivity contribution in [3.8, 4) is 77.9 Å². The average Bonchev–Trinajstić information content (AvgIpc) is 4.19. The molecule has 4 aliphatic rings. The molecule has 0 saturated carbocycles. The summed E-state index contributed by atoms with van der Waals surface area (Å²) in [6.45, 7) is 0. The Morgan fingerprint density at radius 1 is 0.187 bits per heavy atom. The van der Waals surface area contributed by atoms with Crippen molar-refractivity contribution in [3.63, 3.8) is 0 Å². The van der Waals surface area contributed by atoms with Crippen LogP contribution in [-0.2, 0) is 10.8 Å². The average molecular weight is 950 g/mol. The quantitative estimate of drug-likeness (QED) is 0.161. The number of anilines is 3. The number of nitrogens with zero attached hydrogens (tertiary/aromatic N) is 1. The standard InChI is InChI=1S/C74H47N/c1-2-22-48(23-3-1)51-24-4-5-25-52(51)49-44-46-50(47-45-49)75(70-43-21-41-68-72(70)60-32-11-18-39-66(60)74(68)63-36-15-8-28-55(63)56-29-9-16-37-64(56)74)69-42-19-12-30-57(69)58-33-20-40-67-71(58)59-31-10-17-38-65(59)73(67)61-34-13-6-26-53(61)54-27-7-14-35-62(54)73/h1-47H. The first-order chi connectivity index (χ1) is 37.3. The van der Waals surface area contributed by atoms with Crippen LogP contribution in [0.2, 0.25) is 0 Å². The third-order valence-corrected chi connectivity index (χ3v) is 17.1. The molecule has 0 atom stereocenters. The third-order valence-electron chi connectivity index (χ3n) is 17.1. The lowest BCUT2D eigenvalue weighted by Gasteiger charge is -2.33. The molecule has 0 aromatic heterocycles. The zero-order valence-electron chi connectivity index (χ0n) is 41.1. The van der Waals surface area contributed by atoms with E-state index in [1.165, 1.54) is 122 Å². The smallest absolute Gasteiger partial charge is 0.0726 e. The molecule has 348 valence electrons. The Morgan fingerprint density at radius 2 is 0.507 bits per heavy atom. The van der Waals surface area contributed by atoms with Gasteiger partial charge in [0.05, 0.1) is 22.2 Å². The van der Waals surface area contributed by atoms with E-state index in [0.717, 1.165) is 17.1 Å². The van der Waals surface area contributed by atoms with Gasteiger partial charge in [0.2, 0.25) is 0 Å². The van der Waals surface area contributed by atoms with Gasteiger partial charge < -0.3 is 4.90 Å².